The molecule has 3 aromatic rings. The molecule has 6 heteroatoms. The summed E-state index contributed by atoms with van der Waals surface area (Å²) in [5.74, 6) is 0.260. The van der Waals surface area contributed by atoms with Gasteiger partial charge in [-0.15, -0.1) is 0 Å². The van der Waals surface area contributed by atoms with Gasteiger partial charge in [-0.1, -0.05) is 32.0 Å². The number of hydrogen-bond acceptors (Lipinski definition) is 5. The van der Waals surface area contributed by atoms with Gasteiger partial charge in [-0.2, -0.15) is 0 Å². The molecule has 1 heterocycles. The summed E-state index contributed by atoms with van der Waals surface area (Å²) in [6.45, 7) is 5.11. The van der Waals surface area contributed by atoms with Crippen molar-refractivity contribution in [1.29, 1.82) is 0 Å². The first kappa shape index (κ1) is 21.3. The molecular weight excluding hydrogens is 392 g/mol. The lowest BCUT2D eigenvalue weighted by molar-refractivity contribution is -0.120. The van der Waals surface area contributed by atoms with Crippen molar-refractivity contribution in [2.75, 3.05) is 6.54 Å². The topological polar surface area (TPSA) is 91.4 Å². The molecule has 0 radical (unpaired) electrons. The quantitative estimate of drug-likeness (QED) is 0.488. The van der Waals surface area contributed by atoms with E-state index in [0.29, 0.717) is 29.5 Å². The van der Waals surface area contributed by atoms with E-state index in [1.807, 2.05) is 0 Å². The van der Waals surface area contributed by atoms with Crippen LogP contribution in [0.25, 0.3) is 10.9 Å². The van der Waals surface area contributed by atoms with Crippen molar-refractivity contribution in [3.8, 4) is 5.75 Å². The van der Waals surface area contributed by atoms with Gasteiger partial charge in [0.05, 0.1) is 11.6 Å². The molecule has 6 nitrogen and oxygen atoms in total. The monoisotopic (exact) mass is 420 g/mol. The SMILES string of the molecule is CCc1cc2c(cc1CC)CC(NCC(O)c1ccc(OC=O)c3[nH]c(=O)ccc13)C2. The molecule has 1 aliphatic rings. The lowest BCUT2D eigenvalue weighted by Gasteiger charge is -2.18. The van der Waals surface area contributed by atoms with Gasteiger partial charge >= 0.3 is 0 Å². The third-order valence-corrected chi connectivity index (χ3v) is 6.24. The Morgan fingerprint density at radius 1 is 1.13 bits per heavy atom. The standard InChI is InChI=1S/C25H28N2O4/c1-3-15-9-17-11-19(12-18(17)10-16(15)4-2)26-13-22(29)20-5-7-23(31-14-28)25-21(20)6-8-24(30)27-25/h5-10,14,19,22,26,29H,3-4,11-13H2,1-2H3,(H,27,30). The van der Waals surface area contributed by atoms with Gasteiger partial charge in [-0.3, -0.25) is 9.59 Å². The van der Waals surface area contributed by atoms with Crippen molar-refractivity contribution in [2.45, 2.75) is 51.7 Å². The third-order valence-electron chi connectivity index (χ3n) is 6.24. The van der Waals surface area contributed by atoms with Crippen molar-refractivity contribution in [3.63, 3.8) is 0 Å². The molecule has 3 N–H and O–H groups in total. The molecular formula is C25H28N2O4. The Balaban J connectivity index is 1.50. The molecule has 0 saturated carbocycles. The molecule has 0 spiro atoms. The van der Waals surface area contributed by atoms with Crippen molar-refractivity contribution in [1.82, 2.24) is 10.3 Å². The third kappa shape index (κ3) is 4.27. The van der Waals surface area contributed by atoms with Gasteiger partial charge in [0.2, 0.25) is 5.56 Å². The summed E-state index contributed by atoms with van der Waals surface area (Å²) >= 11 is 0. The Labute approximate surface area is 181 Å². The number of aromatic amines is 1. The van der Waals surface area contributed by atoms with Gasteiger partial charge in [0.15, 0.2) is 5.75 Å². The van der Waals surface area contributed by atoms with Crippen LogP contribution in [0.1, 0.15) is 47.8 Å². The van der Waals surface area contributed by atoms with E-state index in [9.17, 15) is 14.7 Å². The number of rotatable bonds is 8. The fourth-order valence-corrected chi connectivity index (χ4v) is 4.65. The molecule has 2 aromatic carbocycles. The zero-order valence-corrected chi connectivity index (χ0v) is 17.9. The molecule has 0 fully saturated rings. The van der Waals surface area contributed by atoms with E-state index < -0.39 is 6.10 Å². The van der Waals surface area contributed by atoms with E-state index in [4.69, 9.17) is 4.74 Å². The number of carbonyl (C=O) groups is 1. The zero-order chi connectivity index (χ0) is 22.0. The van der Waals surface area contributed by atoms with E-state index in [0.717, 1.165) is 25.7 Å². The summed E-state index contributed by atoms with van der Waals surface area (Å²) in [5, 5.41) is 15.0. The number of aliphatic hydroxyl groups is 1. The van der Waals surface area contributed by atoms with E-state index in [-0.39, 0.29) is 17.4 Å². The highest BCUT2D eigenvalue weighted by Crippen LogP contribution is 2.30. The van der Waals surface area contributed by atoms with E-state index in [1.165, 1.54) is 28.3 Å². The summed E-state index contributed by atoms with van der Waals surface area (Å²) in [4.78, 5) is 25.2. The second-order valence-corrected chi connectivity index (χ2v) is 8.10. The molecule has 1 unspecified atom stereocenters. The lowest BCUT2D eigenvalue weighted by Crippen LogP contribution is -2.33. The van der Waals surface area contributed by atoms with Crippen LogP contribution in [0, 0.1) is 0 Å². The Bertz CT molecular complexity index is 1140. The lowest BCUT2D eigenvalue weighted by atomic mass is 9.97. The number of nitrogens with one attached hydrogen (secondary N) is 2. The highest BCUT2D eigenvalue weighted by Gasteiger charge is 2.24. The van der Waals surface area contributed by atoms with E-state index in [2.05, 4.69) is 36.3 Å². The highest BCUT2D eigenvalue weighted by molar-refractivity contribution is 5.88. The zero-order valence-electron chi connectivity index (χ0n) is 17.9. The number of aryl methyl sites for hydroxylation is 2. The molecule has 1 aliphatic carbocycles. The van der Waals surface area contributed by atoms with Crippen molar-refractivity contribution in [3.05, 3.63) is 74.6 Å². The maximum Gasteiger partial charge on any atom is 0.298 e. The Morgan fingerprint density at radius 2 is 1.81 bits per heavy atom. The Hall–Kier alpha value is -2.96. The minimum atomic E-state index is -0.764. The molecule has 31 heavy (non-hydrogen) atoms. The molecule has 0 amide bonds. The van der Waals surface area contributed by atoms with Crippen LogP contribution in [0.2, 0.25) is 0 Å². The summed E-state index contributed by atoms with van der Waals surface area (Å²) in [6, 6.07) is 11.4. The second kappa shape index (κ2) is 9.04. The Morgan fingerprint density at radius 3 is 2.42 bits per heavy atom. The number of H-pyrrole nitrogens is 1. The predicted molar refractivity (Wildman–Crippen MR) is 121 cm³/mol. The smallest absolute Gasteiger partial charge is 0.298 e. The van der Waals surface area contributed by atoms with Gasteiger partial charge in [0.1, 0.15) is 0 Å². The molecule has 4 rings (SSSR count). The minimum Gasteiger partial charge on any atom is -0.427 e. The number of hydrogen-bond donors (Lipinski definition) is 3. The first-order valence-electron chi connectivity index (χ1n) is 10.8. The van der Waals surface area contributed by atoms with Crippen LogP contribution < -0.4 is 15.6 Å². The maximum absolute atomic E-state index is 11.7. The van der Waals surface area contributed by atoms with Crippen LogP contribution in [0.3, 0.4) is 0 Å². The number of ether oxygens (including phenoxy) is 1. The number of aliphatic hydroxyl groups excluding tert-OH is 1. The largest absolute Gasteiger partial charge is 0.427 e. The van der Waals surface area contributed by atoms with Crippen molar-refractivity contribution < 1.29 is 14.6 Å². The summed E-state index contributed by atoms with van der Waals surface area (Å²) < 4.78 is 4.98. The summed E-state index contributed by atoms with van der Waals surface area (Å²) in [7, 11) is 0. The van der Waals surface area contributed by atoms with Crippen LogP contribution in [0.5, 0.6) is 5.75 Å². The molecule has 0 bridgehead atoms. The van der Waals surface area contributed by atoms with E-state index in [1.54, 1.807) is 18.2 Å². The first-order chi connectivity index (χ1) is 15.0. The van der Waals surface area contributed by atoms with Crippen LogP contribution in [-0.4, -0.2) is 29.1 Å². The first-order valence-corrected chi connectivity index (χ1v) is 10.8. The number of pyridine rings is 1. The number of carbonyl (C=O) groups excluding carboxylic acids is 1. The average Bonchev–Trinajstić information content (AvgIpc) is 3.18. The van der Waals surface area contributed by atoms with E-state index >= 15 is 0 Å². The van der Waals surface area contributed by atoms with Crippen LogP contribution in [0.4, 0.5) is 0 Å². The fraction of sp³-hybridized carbons (Fsp3) is 0.360. The molecule has 0 aliphatic heterocycles. The van der Waals surface area contributed by atoms with Gasteiger partial charge in [0, 0.05) is 24.0 Å². The molecule has 162 valence electrons. The number of fused-ring (bicyclic) bond motifs is 2. The Kier molecular flexibility index (Phi) is 6.20. The summed E-state index contributed by atoms with van der Waals surface area (Å²) in [5.41, 5.74) is 6.45. The average molecular weight is 421 g/mol. The van der Waals surface area contributed by atoms with Gasteiger partial charge in [-0.05, 0) is 65.6 Å². The van der Waals surface area contributed by atoms with Gasteiger partial charge in [-0.25, -0.2) is 0 Å². The molecule has 1 atom stereocenters. The van der Waals surface area contributed by atoms with Crippen LogP contribution in [-0.2, 0) is 30.5 Å². The summed E-state index contributed by atoms with van der Waals surface area (Å²) in [6.07, 6.45) is 3.25. The molecule has 1 aromatic heterocycles. The fourth-order valence-electron chi connectivity index (χ4n) is 4.65. The number of aromatic nitrogens is 1. The normalized spacial score (nSPS) is 14.5. The second-order valence-electron chi connectivity index (χ2n) is 8.10. The van der Waals surface area contributed by atoms with Crippen LogP contribution >= 0.6 is 0 Å². The minimum absolute atomic E-state index is 0.260. The van der Waals surface area contributed by atoms with Gasteiger partial charge in [0.25, 0.3) is 6.47 Å². The molecule has 0 saturated heterocycles. The maximum atomic E-state index is 11.7. The number of benzene rings is 2. The van der Waals surface area contributed by atoms with Crippen molar-refractivity contribution in [2.24, 2.45) is 0 Å². The van der Waals surface area contributed by atoms with Crippen LogP contribution in [0.15, 0.2) is 41.2 Å². The predicted octanol–water partition coefficient (Wildman–Crippen LogP) is 2.98. The van der Waals surface area contributed by atoms with Gasteiger partial charge < -0.3 is 20.1 Å². The van der Waals surface area contributed by atoms with Crippen molar-refractivity contribution >= 4 is 17.4 Å². The highest BCUT2D eigenvalue weighted by atomic mass is 16.5.